The predicted octanol–water partition coefficient (Wildman–Crippen LogP) is 6.19. The van der Waals surface area contributed by atoms with Crippen LogP contribution in [0.4, 0.5) is 0 Å². The van der Waals surface area contributed by atoms with Crippen LogP contribution in [-0.2, 0) is 9.47 Å². The van der Waals surface area contributed by atoms with E-state index in [1.54, 1.807) is 0 Å². The highest BCUT2D eigenvalue weighted by Crippen LogP contribution is 2.30. The molecule has 2 heterocycles. The van der Waals surface area contributed by atoms with E-state index in [4.69, 9.17) is 26.1 Å². The van der Waals surface area contributed by atoms with E-state index in [2.05, 4.69) is 79.1 Å². The summed E-state index contributed by atoms with van der Waals surface area (Å²) in [7, 11) is 0. The van der Waals surface area contributed by atoms with Crippen LogP contribution < -0.4 is 10.9 Å². The molecule has 0 bridgehead atoms. The van der Waals surface area contributed by atoms with Gasteiger partial charge in [0.25, 0.3) is 0 Å². The number of hydrogen-bond donors (Lipinski definition) is 2. The topological polar surface area (TPSA) is 67.2 Å². The molecule has 2 N–H and O–H groups in total. The second-order valence-electron chi connectivity index (χ2n) is 9.94. The van der Waals surface area contributed by atoms with Crippen molar-refractivity contribution in [1.82, 2.24) is 10.9 Å². The van der Waals surface area contributed by atoms with E-state index in [0.29, 0.717) is 37.1 Å². The molecule has 3 unspecified atom stereocenters. The largest absolute Gasteiger partial charge is 0.462 e. The van der Waals surface area contributed by atoms with Gasteiger partial charge < -0.3 is 9.47 Å². The van der Waals surface area contributed by atoms with Crippen LogP contribution in [0.5, 0.6) is 0 Å². The highest BCUT2D eigenvalue weighted by atomic mass is 35.5. The number of rotatable bonds is 9. The predicted molar refractivity (Wildman–Crippen MR) is 143 cm³/mol. The van der Waals surface area contributed by atoms with Gasteiger partial charge in [-0.25, -0.2) is 20.8 Å². The van der Waals surface area contributed by atoms with Gasteiger partial charge in [-0.3, -0.25) is 0 Å². The van der Waals surface area contributed by atoms with Crippen LogP contribution in [-0.4, -0.2) is 36.8 Å². The fourth-order valence-corrected chi connectivity index (χ4v) is 4.80. The summed E-state index contributed by atoms with van der Waals surface area (Å²) in [5.41, 5.74) is 8.53. The van der Waals surface area contributed by atoms with Crippen LogP contribution in [0.3, 0.4) is 0 Å². The van der Waals surface area contributed by atoms with E-state index in [0.717, 1.165) is 37.1 Å². The zero-order chi connectivity index (χ0) is 24.7. The zero-order valence-corrected chi connectivity index (χ0v) is 21.7. The number of hydrogen-bond acceptors (Lipinski definition) is 6. The number of nitrogens with zero attached hydrogens (tertiary/aromatic N) is 2. The van der Waals surface area contributed by atoms with E-state index in [9.17, 15) is 0 Å². The average molecular weight is 497 g/mol. The van der Waals surface area contributed by atoms with Crippen LogP contribution in [0.25, 0.3) is 0 Å². The van der Waals surface area contributed by atoms with Gasteiger partial charge in [-0.05, 0) is 74.1 Å². The number of ether oxygens (including phenoxy) is 2. The average Bonchev–Trinajstić information content (AvgIpc) is 3.50. The molecule has 6 nitrogen and oxygen atoms in total. The summed E-state index contributed by atoms with van der Waals surface area (Å²) >= 11 is 6.04. The van der Waals surface area contributed by atoms with Crippen LogP contribution >= 0.6 is 11.6 Å². The van der Waals surface area contributed by atoms with E-state index < -0.39 is 0 Å². The second-order valence-corrected chi connectivity index (χ2v) is 10.4. The minimum atomic E-state index is -0.231. The van der Waals surface area contributed by atoms with E-state index in [-0.39, 0.29) is 11.6 Å². The molecule has 2 aliphatic heterocycles. The van der Waals surface area contributed by atoms with Crippen molar-refractivity contribution in [2.45, 2.75) is 76.3 Å². The van der Waals surface area contributed by atoms with Crippen molar-refractivity contribution in [2.24, 2.45) is 9.98 Å². The van der Waals surface area contributed by atoms with E-state index >= 15 is 0 Å². The van der Waals surface area contributed by atoms with Crippen LogP contribution in [0.2, 0.25) is 5.02 Å². The summed E-state index contributed by atoms with van der Waals surface area (Å²) in [5, 5.41) is 0.776. The highest BCUT2D eigenvalue weighted by molar-refractivity contribution is 6.30. The molecule has 0 fully saturated rings. The first-order chi connectivity index (χ1) is 16.9. The second kappa shape index (κ2) is 11.8. The Morgan fingerprint density at radius 2 is 1.74 bits per heavy atom. The molecular weight excluding hydrogens is 460 g/mol. The lowest BCUT2D eigenvalue weighted by atomic mass is 9.89. The maximum atomic E-state index is 6.04. The molecule has 188 valence electrons. The lowest BCUT2D eigenvalue weighted by Gasteiger charge is -2.20. The van der Waals surface area contributed by atoms with Gasteiger partial charge in [-0.2, -0.15) is 0 Å². The Morgan fingerprint density at radius 3 is 2.49 bits per heavy atom. The Balaban J connectivity index is 1.21. The molecule has 0 saturated carbocycles. The summed E-state index contributed by atoms with van der Waals surface area (Å²) in [4.78, 5) is 9.46. The SMILES string of the molecule is CCC(CC[C@H]1COC(NNC2=NC(C)(CCC(C)c3ccccc3)CO2)=N1)c1ccc(Cl)cc1. The Hall–Kier alpha value is -2.73. The molecule has 2 aromatic carbocycles. The van der Waals surface area contributed by atoms with Crippen molar-refractivity contribution in [1.29, 1.82) is 0 Å². The molecule has 4 rings (SSSR count). The number of amidine groups is 2. The third-order valence-corrected chi connectivity index (χ3v) is 7.30. The molecule has 0 amide bonds. The van der Waals surface area contributed by atoms with Crippen molar-refractivity contribution in [2.75, 3.05) is 13.2 Å². The van der Waals surface area contributed by atoms with Crippen molar-refractivity contribution in [3.63, 3.8) is 0 Å². The lowest BCUT2D eigenvalue weighted by molar-refractivity contribution is 0.243. The number of nitrogens with one attached hydrogen (secondary N) is 2. The molecule has 2 aliphatic rings. The van der Waals surface area contributed by atoms with Gasteiger partial charge in [-0.1, -0.05) is 67.9 Å². The standard InChI is InChI=1S/C28H37ClN4O2/c1-4-21(23-10-13-24(29)14-11-23)12-15-25-18-34-26(30-25)32-33-27-31-28(3,19-35-27)17-16-20(2)22-8-6-5-7-9-22/h5-11,13-14,20-21,25H,4,12,15-19H2,1-3H3,(H,30,32)(H,31,33)/t20?,21?,25-,28?/m0/s1. The summed E-state index contributed by atoms with van der Waals surface area (Å²) < 4.78 is 11.5. The van der Waals surface area contributed by atoms with Gasteiger partial charge in [0.05, 0.1) is 11.6 Å². The molecule has 0 aliphatic carbocycles. The maximum Gasteiger partial charge on any atom is 0.304 e. The molecule has 0 saturated heterocycles. The van der Waals surface area contributed by atoms with Crippen LogP contribution in [0, 0.1) is 0 Å². The van der Waals surface area contributed by atoms with Gasteiger partial charge in [-0.15, -0.1) is 0 Å². The highest BCUT2D eigenvalue weighted by Gasteiger charge is 2.32. The van der Waals surface area contributed by atoms with Crippen molar-refractivity contribution in [3.05, 3.63) is 70.7 Å². The van der Waals surface area contributed by atoms with Gasteiger partial charge in [0.15, 0.2) is 0 Å². The van der Waals surface area contributed by atoms with Crippen LogP contribution in [0.1, 0.15) is 75.8 Å². The first-order valence-corrected chi connectivity index (χ1v) is 13.1. The third-order valence-electron chi connectivity index (χ3n) is 7.05. The monoisotopic (exact) mass is 496 g/mol. The maximum absolute atomic E-state index is 6.04. The van der Waals surface area contributed by atoms with Gasteiger partial charge in [0, 0.05) is 5.02 Å². The van der Waals surface area contributed by atoms with Crippen molar-refractivity contribution < 1.29 is 9.47 Å². The summed E-state index contributed by atoms with van der Waals surface area (Å²) in [5.74, 6) is 0.990. The first-order valence-electron chi connectivity index (χ1n) is 12.7. The molecule has 2 aromatic rings. The number of halogens is 1. The molecule has 4 atom stereocenters. The van der Waals surface area contributed by atoms with Gasteiger partial charge >= 0.3 is 12.0 Å². The lowest BCUT2D eigenvalue weighted by Crippen LogP contribution is -2.42. The zero-order valence-electron chi connectivity index (χ0n) is 21.0. The Kier molecular flexibility index (Phi) is 8.55. The molecule has 0 spiro atoms. The normalized spacial score (nSPS) is 23.0. The van der Waals surface area contributed by atoms with E-state index in [1.807, 2.05) is 12.1 Å². The van der Waals surface area contributed by atoms with Crippen LogP contribution in [0.15, 0.2) is 64.6 Å². The quantitative estimate of drug-likeness (QED) is 0.406. The Labute approximate surface area is 214 Å². The molecule has 0 aromatic heterocycles. The Morgan fingerprint density at radius 1 is 1.00 bits per heavy atom. The third kappa shape index (κ3) is 7.14. The van der Waals surface area contributed by atoms with E-state index in [1.165, 1.54) is 11.1 Å². The van der Waals surface area contributed by atoms with Gasteiger partial charge in [0.2, 0.25) is 0 Å². The summed E-state index contributed by atoms with van der Waals surface area (Å²) in [6.45, 7) is 7.79. The minimum absolute atomic E-state index is 0.150. The van der Waals surface area contributed by atoms with Crippen molar-refractivity contribution >= 4 is 23.6 Å². The molecule has 35 heavy (non-hydrogen) atoms. The molecule has 7 heteroatoms. The number of aliphatic imine (C=N–C) groups is 2. The number of hydrazine groups is 1. The first kappa shape index (κ1) is 25.4. The summed E-state index contributed by atoms with van der Waals surface area (Å²) in [6, 6.07) is 19.9. The molecular formula is C28H37ClN4O2. The fraction of sp³-hybridized carbons (Fsp3) is 0.500. The summed E-state index contributed by atoms with van der Waals surface area (Å²) in [6.07, 6.45) is 5.14. The Bertz CT molecular complexity index is 1010. The smallest absolute Gasteiger partial charge is 0.304 e. The fourth-order valence-electron chi connectivity index (χ4n) is 4.68. The van der Waals surface area contributed by atoms with Crippen molar-refractivity contribution in [3.8, 4) is 0 Å². The number of benzene rings is 2. The molecule has 0 radical (unpaired) electrons. The minimum Gasteiger partial charge on any atom is -0.462 e. The van der Waals surface area contributed by atoms with Gasteiger partial charge in [0.1, 0.15) is 13.2 Å².